The van der Waals surface area contributed by atoms with Crippen molar-refractivity contribution in [1.82, 2.24) is 14.8 Å². The third-order valence-electron chi connectivity index (χ3n) is 1.54. The number of rotatable bonds is 1. The smallest absolute Gasteiger partial charge is 0.123 e. The fourth-order valence-corrected chi connectivity index (χ4v) is 0.955. The van der Waals surface area contributed by atoms with Crippen molar-refractivity contribution in [2.24, 2.45) is 0 Å². The summed E-state index contributed by atoms with van der Waals surface area (Å²) in [5, 5.41) is 4.05. The van der Waals surface area contributed by atoms with Crippen LogP contribution in [0.5, 0.6) is 0 Å². The molecule has 0 radical (unpaired) electrons. The predicted octanol–water partition coefficient (Wildman–Crippen LogP) is 0.849. The van der Waals surface area contributed by atoms with Crippen LogP contribution in [0.3, 0.4) is 0 Å². The maximum atomic E-state index is 5.44. The van der Waals surface area contributed by atoms with E-state index in [0.717, 1.165) is 5.69 Å². The molecule has 0 fully saturated rings. The van der Waals surface area contributed by atoms with Crippen LogP contribution in [0.1, 0.15) is 0 Å². The summed E-state index contributed by atoms with van der Waals surface area (Å²) < 4.78 is 1.73. The topological polar surface area (TPSA) is 56.7 Å². The zero-order chi connectivity index (χ0) is 8.39. The number of nitrogens with two attached hydrogens (primary N) is 1. The molecule has 0 aliphatic rings. The Morgan fingerprint density at radius 1 is 1.33 bits per heavy atom. The van der Waals surface area contributed by atoms with Gasteiger partial charge in [0.15, 0.2) is 0 Å². The van der Waals surface area contributed by atoms with Gasteiger partial charge in [0.05, 0.1) is 11.9 Å². The molecule has 0 amide bonds. The Hall–Kier alpha value is -1.84. The number of hydrogen-bond acceptors (Lipinski definition) is 3. The number of pyridine rings is 1. The van der Waals surface area contributed by atoms with Crippen molar-refractivity contribution in [1.29, 1.82) is 0 Å². The highest BCUT2D eigenvalue weighted by Gasteiger charge is 1.94. The van der Waals surface area contributed by atoms with Gasteiger partial charge in [0, 0.05) is 12.4 Å². The maximum Gasteiger partial charge on any atom is 0.123 e. The van der Waals surface area contributed by atoms with Crippen molar-refractivity contribution >= 4 is 5.82 Å². The first kappa shape index (κ1) is 6.84. The normalized spacial score (nSPS) is 10.0. The fourth-order valence-electron chi connectivity index (χ4n) is 0.955. The molecular formula is C8H8N4. The van der Waals surface area contributed by atoms with E-state index in [0.29, 0.717) is 5.82 Å². The number of nitrogen functional groups attached to an aromatic ring is 1. The molecule has 0 aliphatic carbocycles. The summed E-state index contributed by atoms with van der Waals surface area (Å²) >= 11 is 0. The molecule has 0 aromatic carbocycles. The highest BCUT2D eigenvalue weighted by atomic mass is 15.3. The lowest BCUT2D eigenvalue weighted by molar-refractivity contribution is 0.874. The third kappa shape index (κ3) is 1.14. The molecule has 2 aromatic heterocycles. The number of hydrogen-bond donors (Lipinski definition) is 1. The summed E-state index contributed by atoms with van der Waals surface area (Å²) in [5.74, 6) is 0.519. The Labute approximate surface area is 69.7 Å². The van der Waals surface area contributed by atoms with E-state index in [-0.39, 0.29) is 0 Å². The first-order valence-electron chi connectivity index (χ1n) is 3.58. The lowest BCUT2D eigenvalue weighted by Crippen LogP contribution is -1.96. The molecule has 12 heavy (non-hydrogen) atoms. The first-order valence-corrected chi connectivity index (χ1v) is 3.58. The van der Waals surface area contributed by atoms with E-state index in [9.17, 15) is 0 Å². The summed E-state index contributed by atoms with van der Waals surface area (Å²) in [6.45, 7) is 0. The second-order valence-electron chi connectivity index (χ2n) is 2.39. The molecule has 0 unspecified atom stereocenters. The van der Waals surface area contributed by atoms with Crippen LogP contribution >= 0.6 is 0 Å². The van der Waals surface area contributed by atoms with Gasteiger partial charge in [0.1, 0.15) is 5.82 Å². The largest absolute Gasteiger partial charge is 0.384 e. The van der Waals surface area contributed by atoms with Crippen molar-refractivity contribution < 1.29 is 0 Å². The summed E-state index contributed by atoms with van der Waals surface area (Å²) in [5.41, 5.74) is 6.35. The Morgan fingerprint density at radius 3 is 2.83 bits per heavy atom. The predicted molar refractivity (Wildman–Crippen MR) is 45.8 cm³/mol. The van der Waals surface area contributed by atoms with Gasteiger partial charge in [-0.05, 0) is 18.2 Å². The minimum Gasteiger partial charge on any atom is -0.384 e. The summed E-state index contributed by atoms with van der Waals surface area (Å²) in [6.07, 6.45) is 5.26. The minimum absolute atomic E-state index is 0.519. The monoisotopic (exact) mass is 160 g/mol. The van der Waals surface area contributed by atoms with Crippen LogP contribution in [0.4, 0.5) is 5.82 Å². The number of aromatic nitrogens is 3. The van der Waals surface area contributed by atoms with Gasteiger partial charge in [0.2, 0.25) is 0 Å². The van der Waals surface area contributed by atoms with E-state index < -0.39 is 0 Å². The Bertz CT molecular complexity index is 349. The Balaban J connectivity index is 2.43. The van der Waals surface area contributed by atoms with Gasteiger partial charge < -0.3 is 5.73 Å². The highest BCUT2D eigenvalue weighted by molar-refractivity contribution is 5.36. The Kier molecular flexibility index (Phi) is 1.51. The molecule has 0 aliphatic heterocycles. The summed E-state index contributed by atoms with van der Waals surface area (Å²) in [6, 6.07) is 5.47. The Morgan fingerprint density at radius 2 is 2.25 bits per heavy atom. The van der Waals surface area contributed by atoms with Gasteiger partial charge in [-0.3, -0.25) is 0 Å². The van der Waals surface area contributed by atoms with Crippen LogP contribution in [0.2, 0.25) is 0 Å². The van der Waals surface area contributed by atoms with Gasteiger partial charge in [-0.2, -0.15) is 5.10 Å². The average Bonchev–Trinajstić information content (AvgIpc) is 2.58. The van der Waals surface area contributed by atoms with Gasteiger partial charge >= 0.3 is 0 Å². The second-order valence-corrected chi connectivity index (χ2v) is 2.39. The molecule has 60 valence electrons. The van der Waals surface area contributed by atoms with Crippen LogP contribution in [-0.2, 0) is 0 Å². The van der Waals surface area contributed by atoms with Crippen molar-refractivity contribution in [3.63, 3.8) is 0 Å². The minimum atomic E-state index is 0.519. The summed E-state index contributed by atoms with van der Waals surface area (Å²) in [7, 11) is 0. The van der Waals surface area contributed by atoms with Gasteiger partial charge in [0.25, 0.3) is 0 Å². The zero-order valence-corrected chi connectivity index (χ0v) is 6.38. The molecule has 2 N–H and O–H groups in total. The van der Waals surface area contributed by atoms with Crippen LogP contribution in [-0.4, -0.2) is 14.8 Å². The molecule has 2 rings (SSSR count). The van der Waals surface area contributed by atoms with Gasteiger partial charge in [-0.25, -0.2) is 9.67 Å². The first-order chi connectivity index (χ1) is 5.86. The molecule has 2 aromatic rings. The van der Waals surface area contributed by atoms with Crippen molar-refractivity contribution in [2.75, 3.05) is 5.73 Å². The van der Waals surface area contributed by atoms with E-state index in [1.807, 2.05) is 18.3 Å². The standard InChI is InChI=1S/C8H8N4/c9-8-3-2-7(6-10-8)12-5-1-4-11-12/h1-6H,(H2,9,10). The van der Waals surface area contributed by atoms with E-state index in [1.54, 1.807) is 23.1 Å². The molecule has 0 saturated carbocycles. The lowest BCUT2D eigenvalue weighted by atomic mass is 10.4. The molecule has 0 spiro atoms. The molecule has 2 heterocycles. The molecule has 4 heteroatoms. The van der Waals surface area contributed by atoms with E-state index in [2.05, 4.69) is 10.1 Å². The highest BCUT2D eigenvalue weighted by Crippen LogP contribution is 2.05. The van der Waals surface area contributed by atoms with Gasteiger partial charge in [-0.15, -0.1) is 0 Å². The molecule has 0 atom stereocenters. The quantitative estimate of drug-likeness (QED) is 0.672. The van der Waals surface area contributed by atoms with Crippen LogP contribution in [0.25, 0.3) is 5.69 Å². The van der Waals surface area contributed by atoms with Crippen molar-refractivity contribution in [3.05, 3.63) is 36.8 Å². The van der Waals surface area contributed by atoms with Crippen LogP contribution in [0, 0.1) is 0 Å². The van der Waals surface area contributed by atoms with Crippen molar-refractivity contribution in [2.45, 2.75) is 0 Å². The molecule has 0 saturated heterocycles. The van der Waals surface area contributed by atoms with E-state index in [4.69, 9.17) is 5.73 Å². The van der Waals surface area contributed by atoms with Crippen molar-refractivity contribution in [3.8, 4) is 5.69 Å². The second kappa shape index (κ2) is 2.65. The summed E-state index contributed by atoms with van der Waals surface area (Å²) in [4.78, 5) is 3.95. The third-order valence-corrected chi connectivity index (χ3v) is 1.54. The zero-order valence-electron chi connectivity index (χ0n) is 6.38. The average molecular weight is 160 g/mol. The number of anilines is 1. The molecule has 4 nitrogen and oxygen atoms in total. The maximum absolute atomic E-state index is 5.44. The van der Waals surface area contributed by atoms with Crippen LogP contribution < -0.4 is 5.73 Å². The molecular weight excluding hydrogens is 152 g/mol. The van der Waals surface area contributed by atoms with E-state index >= 15 is 0 Å². The van der Waals surface area contributed by atoms with Gasteiger partial charge in [-0.1, -0.05) is 0 Å². The molecule has 0 bridgehead atoms. The fraction of sp³-hybridized carbons (Fsp3) is 0. The number of nitrogens with zero attached hydrogens (tertiary/aromatic N) is 3. The lowest BCUT2D eigenvalue weighted by Gasteiger charge is -1.99. The SMILES string of the molecule is Nc1ccc(-n2cccn2)cn1. The van der Waals surface area contributed by atoms with Crippen LogP contribution in [0.15, 0.2) is 36.8 Å². The van der Waals surface area contributed by atoms with E-state index in [1.165, 1.54) is 0 Å².